The number of aliphatic hydroxyl groups excluding tert-OH is 1. The van der Waals surface area contributed by atoms with E-state index < -0.39 is 0 Å². The molecule has 0 bridgehead atoms. The molecule has 0 fully saturated rings. The highest BCUT2D eigenvalue weighted by atomic mass is 16.2. The zero-order valence-electron chi connectivity index (χ0n) is 8.30. The molecule has 74 valence electrons. The highest BCUT2D eigenvalue weighted by Crippen LogP contribution is 1.78. The number of rotatable bonds is 2. The standard InChI is InChI=1S/C4H10O.3CH5N/c1-2-3-4-5;3*1-2/h5H,2-4H2,1H3;3*2H2,1H3. The van der Waals surface area contributed by atoms with E-state index in [1.807, 2.05) is 0 Å². The van der Waals surface area contributed by atoms with E-state index in [2.05, 4.69) is 24.1 Å². The molecule has 0 amide bonds. The number of aliphatic hydroxyl groups is 1. The van der Waals surface area contributed by atoms with Crippen molar-refractivity contribution in [1.29, 1.82) is 0 Å². The van der Waals surface area contributed by atoms with E-state index in [4.69, 9.17) is 5.11 Å². The molecule has 0 radical (unpaired) electrons. The zero-order chi connectivity index (χ0) is 10.1. The largest absolute Gasteiger partial charge is 0.396 e. The number of hydrogen-bond donors (Lipinski definition) is 4. The minimum Gasteiger partial charge on any atom is -0.396 e. The van der Waals surface area contributed by atoms with Gasteiger partial charge >= 0.3 is 0 Å². The fourth-order valence-corrected chi connectivity index (χ4v) is 0.158. The van der Waals surface area contributed by atoms with Gasteiger partial charge in [0.2, 0.25) is 0 Å². The Bertz CT molecular complexity index is 21.2. The third-order valence-electron chi connectivity index (χ3n) is 0.512. The Kier molecular flexibility index (Phi) is 194. The molecule has 0 saturated carbocycles. The fourth-order valence-electron chi connectivity index (χ4n) is 0.158. The molecule has 0 heterocycles. The van der Waals surface area contributed by atoms with Gasteiger partial charge in [0.15, 0.2) is 0 Å². The smallest absolute Gasteiger partial charge is 0.0430 e. The quantitative estimate of drug-likeness (QED) is 0.446. The molecule has 0 aliphatic rings. The maximum Gasteiger partial charge on any atom is 0.0430 e. The van der Waals surface area contributed by atoms with E-state index in [0.29, 0.717) is 6.61 Å². The Morgan fingerprint density at radius 1 is 0.909 bits per heavy atom. The Morgan fingerprint density at radius 2 is 1.18 bits per heavy atom. The van der Waals surface area contributed by atoms with E-state index in [1.165, 1.54) is 21.1 Å². The van der Waals surface area contributed by atoms with E-state index in [9.17, 15) is 0 Å². The number of unbranched alkanes of at least 4 members (excludes halogenated alkanes) is 1. The molecule has 0 saturated heterocycles. The summed E-state index contributed by atoms with van der Waals surface area (Å²) in [5.74, 6) is 0. The van der Waals surface area contributed by atoms with E-state index in [1.54, 1.807) is 0 Å². The van der Waals surface area contributed by atoms with Gasteiger partial charge in [-0.15, -0.1) is 0 Å². The predicted molar refractivity (Wildman–Crippen MR) is 52.3 cm³/mol. The van der Waals surface area contributed by atoms with E-state index in [0.717, 1.165) is 12.8 Å². The van der Waals surface area contributed by atoms with Gasteiger partial charge in [-0.3, -0.25) is 0 Å². The molecule has 0 aromatic rings. The van der Waals surface area contributed by atoms with Crippen LogP contribution in [0.15, 0.2) is 0 Å². The summed E-state index contributed by atoms with van der Waals surface area (Å²) >= 11 is 0. The Hall–Kier alpha value is -0.160. The molecule has 0 spiro atoms. The van der Waals surface area contributed by atoms with E-state index in [-0.39, 0.29) is 0 Å². The van der Waals surface area contributed by atoms with Gasteiger partial charge in [-0.2, -0.15) is 0 Å². The monoisotopic (exact) mass is 167 g/mol. The Morgan fingerprint density at radius 3 is 1.18 bits per heavy atom. The SMILES string of the molecule is CCCCO.CN.CN.CN. The van der Waals surface area contributed by atoms with Crippen LogP contribution >= 0.6 is 0 Å². The van der Waals surface area contributed by atoms with Crippen LogP contribution in [-0.2, 0) is 0 Å². The van der Waals surface area contributed by atoms with Gasteiger partial charge in [0.05, 0.1) is 0 Å². The first kappa shape index (κ1) is 22.4. The van der Waals surface area contributed by atoms with Gasteiger partial charge in [0.1, 0.15) is 0 Å². The molecule has 0 atom stereocenters. The average Bonchev–Trinajstić information content (AvgIpc) is 2.16. The molecule has 11 heavy (non-hydrogen) atoms. The van der Waals surface area contributed by atoms with Crippen LogP contribution in [-0.4, -0.2) is 32.9 Å². The van der Waals surface area contributed by atoms with Crippen molar-refractivity contribution in [2.24, 2.45) is 17.2 Å². The van der Waals surface area contributed by atoms with Crippen LogP contribution in [0.5, 0.6) is 0 Å². The lowest BCUT2D eigenvalue weighted by Crippen LogP contribution is -1.75. The first-order valence-corrected chi connectivity index (χ1v) is 3.76. The average molecular weight is 167 g/mol. The van der Waals surface area contributed by atoms with Crippen LogP contribution in [0.4, 0.5) is 0 Å². The van der Waals surface area contributed by atoms with Crippen molar-refractivity contribution in [2.75, 3.05) is 27.7 Å². The van der Waals surface area contributed by atoms with Gasteiger partial charge in [0, 0.05) is 6.61 Å². The maximum atomic E-state index is 8.07. The molecule has 4 nitrogen and oxygen atoms in total. The second-order valence-electron chi connectivity index (χ2n) is 1.08. The summed E-state index contributed by atoms with van der Waals surface area (Å²) in [6, 6.07) is 0. The lowest BCUT2D eigenvalue weighted by molar-refractivity contribution is 0.287. The molecular weight excluding hydrogens is 142 g/mol. The predicted octanol–water partition coefficient (Wildman–Crippen LogP) is -0.496. The first-order valence-electron chi connectivity index (χ1n) is 3.76. The minimum atomic E-state index is 0.344. The van der Waals surface area contributed by atoms with Gasteiger partial charge in [-0.05, 0) is 27.6 Å². The molecule has 0 aromatic carbocycles. The van der Waals surface area contributed by atoms with Crippen molar-refractivity contribution in [3.8, 4) is 0 Å². The third-order valence-corrected chi connectivity index (χ3v) is 0.512. The minimum absolute atomic E-state index is 0.344. The van der Waals surface area contributed by atoms with Crippen molar-refractivity contribution in [3.05, 3.63) is 0 Å². The lowest BCUT2D eigenvalue weighted by atomic mass is 10.4. The third kappa shape index (κ3) is 179. The summed E-state index contributed by atoms with van der Waals surface area (Å²) < 4.78 is 0. The molecule has 0 aromatic heterocycles. The van der Waals surface area contributed by atoms with Crippen LogP contribution < -0.4 is 17.2 Å². The molecule has 0 unspecified atom stereocenters. The van der Waals surface area contributed by atoms with Gasteiger partial charge in [-0.25, -0.2) is 0 Å². The number of nitrogens with two attached hydrogens (primary N) is 3. The molecular formula is C7H25N3O. The number of hydrogen-bond acceptors (Lipinski definition) is 4. The highest BCUT2D eigenvalue weighted by molar-refractivity contribution is 4.23. The molecule has 7 N–H and O–H groups in total. The van der Waals surface area contributed by atoms with Crippen molar-refractivity contribution >= 4 is 0 Å². The summed E-state index contributed by atoms with van der Waals surface area (Å²) in [5.41, 5.74) is 13.5. The second-order valence-corrected chi connectivity index (χ2v) is 1.08. The molecule has 0 rings (SSSR count). The van der Waals surface area contributed by atoms with Gasteiger partial charge in [0.25, 0.3) is 0 Å². The van der Waals surface area contributed by atoms with Crippen molar-refractivity contribution < 1.29 is 5.11 Å². The highest BCUT2D eigenvalue weighted by Gasteiger charge is 1.69. The maximum absolute atomic E-state index is 8.07. The van der Waals surface area contributed by atoms with Crippen molar-refractivity contribution in [2.45, 2.75) is 19.8 Å². The van der Waals surface area contributed by atoms with Crippen molar-refractivity contribution in [1.82, 2.24) is 0 Å². The van der Waals surface area contributed by atoms with Gasteiger partial charge in [-0.1, -0.05) is 13.3 Å². The fraction of sp³-hybridized carbons (Fsp3) is 1.00. The summed E-state index contributed by atoms with van der Waals surface area (Å²) in [4.78, 5) is 0. The Balaban J connectivity index is -0.0000000350. The summed E-state index contributed by atoms with van der Waals surface area (Å²) in [7, 11) is 4.50. The summed E-state index contributed by atoms with van der Waals surface area (Å²) in [5, 5.41) is 8.07. The molecule has 4 heteroatoms. The Labute approximate surface area is 70.8 Å². The summed E-state index contributed by atoms with van der Waals surface area (Å²) in [6.45, 7) is 2.40. The molecule has 0 aliphatic heterocycles. The van der Waals surface area contributed by atoms with Crippen molar-refractivity contribution in [3.63, 3.8) is 0 Å². The first-order chi connectivity index (χ1) is 5.41. The van der Waals surface area contributed by atoms with Crippen LogP contribution in [0.2, 0.25) is 0 Å². The van der Waals surface area contributed by atoms with Gasteiger partial charge < -0.3 is 22.3 Å². The van der Waals surface area contributed by atoms with Crippen LogP contribution in [0.25, 0.3) is 0 Å². The second kappa shape index (κ2) is 95.3. The van der Waals surface area contributed by atoms with Crippen LogP contribution in [0.3, 0.4) is 0 Å². The molecule has 0 aliphatic carbocycles. The summed E-state index contributed by atoms with van der Waals surface area (Å²) in [6.07, 6.45) is 2.04. The van der Waals surface area contributed by atoms with Crippen LogP contribution in [0, 0.1) is 0 Å². The normalized spacial score (nSPS) is 5.45. The van der Waals surface area contributed by atoms with Crippen LogP contribution in [0.1, 0.15) is 19.8 Å². The topological polar surface area (TPSA) is 98.3 Å². The van der Waals surface area contributed by atoms with E-state index >= 15 is 0 Å². The lowest BCUT2D eigenvalue weighted by Gasteiger charge is -1.79. The zero-order valence-corrected chi connectivity index (χ0v) is 8.30.